The molecule has 0 aromatic heterocycles. The van der Waals surface area contributed by atoms with Crippen molar-refractivity contribution in [3.8, 4) is 5.75 Å². The van der Waals surface area contributed by atoms with E-state index in [1.54, 1.807) is 9.80 Å². The molecule has 0 saturated carbocycles. The van der Waals surface area contributed by atoms with E-state index in [1.165, 1.54) is 4.90 Å². The zero-order valence-electron chi connectivity index (χ0n) is 24.0. The molecule has 4 aliphatic rings. The molecule has 2 fully saturated rings. The lowest BCUT2D eigenvalue weighted by Gasteiger charge is -2.38. The lowest BCUT2D eigenvalue weighted by molar-refractivity contribution is -0.152. The van der Waals surface area contributed by atoms with Crippen LogP contribution < -0.4 is 9.64 Å². The number of anilines is 1. The van der Waals surface area contributed by atoms with Gasteiger partial charge in [-0.15, -0.1) is 0 Å². The van der Waals surface area contributed by atoms with E-state index in [2.05, 4.69) is 0 Å². The summed E-state index contributed by atoms with van der Waals surface area (Å²) in [6, 6.07) is 16.0. The Balaban J connectivity index is 1.41. The Labute approximate surface area is 246 Å². The highest BCUT2D eigenvalue weighted by Gasteiger charge is 2.75. The first-order valence-corrected chi connectivity index (χ1v) is 14.7. The fraction of sp³-hybridized carbons (Fsp3) is 0.424. The molecule has 3 amide bonds. The second-order valence-electron chi connectivity index (χ2n) is 11.3. The summed E-state index contributed by atoms with van der Waals surface area (Å²) in [5.74, 6) is -1.89. The average Bonchev–Trinajstić information content (AvgIpc) is 3.29. The number of fused-ring (bicyclic) bond motifs is 2. The molecule has 1 unspecified atom stereocenters. The largest absolute Gasteiger partial charge is 0.494 e. The van der Waals surface area contributed by atoms with Crippen LogP contribution >= 0.6 is 0 Å². The molecule has 1 spiro atoms. The molecular formula is C33H37N3O6. The van der Waals surface area contributed by atoms with Crippen LogP contribution in [0.2, 0.25) is 0 Å². The van der Waals surface area contributed by atoms with Crippen molar-refractivity contribution in [1.29, 1.82) is 0 Å². The van der Waals surface area contributed by atoms with Crippen molar-refractivity contribution < 1.29 is 29.0 Å². The van der Waals surface area contributed by atoms with Crippen LogP contribution in [-0.2, 0) is 25.7 Å². The van der Waals surface area contributed by atoms with Gasteiger partial charge in [-0.3, -0.25) is 14.4 Å². The van der Waals surface area contributed by atoms with Gasteiger partial charge in [-0.25, -0.2) is 0 Å². The summed E-state index contributed by atoms with van der Waals surface area (Å²) in [7, 11) is 0. The standard InChI is InChI=1S/C33H37N3O6/c1-3-32-16-8-19-35(24-12-14-25(15-13-24)41-4-2)29(38)26(32)27-30(39)36(20-21-37)28-31(40)34(18-9-17-33(27,28)42-32)22-23-10-6-5-7-11-23/h5-17,26-28,37H,3-4,18-22H2,1-2H3/t26-,27+,28?,32+,33+/m1/s1. The van der Waals surface area contributed by atoms with E-state index >= 15 is 0 Å². The van der Waals surface area contributed by atoms with Crippen molar-refractivity contribution in [2.45, 2.75) is 44.1 Å². The highest BCUT2D eigenvalue weighted by molar-refractivity contribution is 6.04. The maximum atomic E-state index is 14.5. The summed E-state index contributed by atoms with van der Waals surface area (Å²) in [4.78, 5) is 48.0. The number of likely N-dealkylation sites (tertiary alicyclic amines) is 1. The van der Waals surface area contributed by atoms with E-state index in [-0.39, 0.29) is 30.9 Å². The van der Waals surface area contributed by atoms with Crippen LogP contribution in [-0.4, -0.2) is 82.7 Å². The van der Waals surface area contributed by atoms with Gasteiger partial charge >= 0.3 is 0 Å². The SMILES string of the molecule is CCOc1ccc(N2CC=C[C@]3(CC)O[C@]45C=CCN(Cc6ccccc6)C(=O)C4N(CCO)C(=O)[C@@H]5[C@@H]3C2=O)cc1. The average molecular weight is 572 g/mol. The molecule has 0 aliphatic carbocycles. The summed E-state index contributed by atoms with van der Waals surface area (Å²) in [5.41, 5.74) is -0.759. The summed E-state index contributed by atoms with van der Waals surface area (Å²) in [5, 5.41) is 9.96. The molecule has 6 rings (SSSR count). The fourth-order valence-corrected chi connectivity index (χ4v) is 7.22. The van der Waals surface area contributed by atoms with Crippen LogP contribution in [0.15, 0.2) is 78.9 Å². The first-order valence-electron chi connectivity index (χ1n) is 14.7. The number of β-amino-alcohol motifs (C(OH)–C–C–N with tert-alkyl or cyclic N) is 1. The number of hydrogen-bond donors (Lipinski definition) is 1. The Bertz CT molecular complexity index is 1410. The second-order valence-corrected chi connectivity index (χ2v) is 11.3. The highest BCUT2D eigenvalue weighted by atomic mass is 16.5. The molecule has 1 N–H and O–H groups in total. The molecule has 220 valence electrons. The van der Waals surface area contributed by atoms with Gasteiger partial charge < -0.3 is 29.3 Å². The molecule has 0 radical (unpaired) electrons. The van der Waals surface area contributed by atoms with Crippen LogP contribution in [0.3, 0.4) is 0 Å². The minimum atomic E-state index is -1.35. The van der Waals surface area contributed by atoms with Gasteiger partial charge in [0.15, 0.2) is 0 Å². The number of ether oxygens (including phenoxy) is 2. The monoisotopic (exact) mass is 571 g/mol. The molecule has 42 heavy (non-hydrogen) atoms. The number of rotatable bonds is 8. The van der Waals surface area contributed by atoms with Crippen molar-refractivity contribution in [2.75, 3.05) is 37.7 Å². The molecule has 4 heterocycles. The van der Waals surface area contributed by atoms with E-state index in [9.17, 15) is 19.5 Å². The number of aliphatic hydroxyl groups excluding tert-OH is 1. The number of carbonyl (C=O) groups is 3. The Morgan fingerprint density at radius 3 is 2.33 bits per heavy atom. The highest BCUT2D eigenvalue weighted by Crippen LogP contribution is 2.58. The zero-order chi connectivity index (χ0) is 29.5. The molecule has 9 nitrogen and oxygen atoms in total. The summed E-state index contributed by atoms with van der Waals surface area (Å²) in [6.07, 6.45) is 8.02. The number of nitrogens with zero attached hydrogens (tertiary/aromatic N) is 3. The van der Waals surface area contributed by atoms with Crippen molar-refractivity contribution in [1.82, 2.24) is 9.80 Å². The number of benzene rings is 2. The van der Waals surface area contributed by atoms with Crippen LogP contribution in [0.1, 0.15) is 25.8 Å². The molecule has 2 saturated heterocycles. The summed E-state index contributed by atoms with van der Waals surface area (Å²) in [6.45, 7) is 5.10. The third-order valence-electron chi connectivity index (χ3n) is 9.04. The predicted molar refractivity (Wildman–Crippen MR) is 157 cm³/mol. The topological polar surface area (TPSA) is 99.6 Å². The molecule has 4 aliphatic heterocycles. The fourth-order valence-electron chi connectivity index (χ4n) is 7.22. The Morgan fingerprint density at radius 2 is 1.64 bits per heavy atom. The van der Waals surface area contributed by atoms with Gasteiger partial charge in [-0.05, 0) is 43.2 Å². The quantitative estimate of drug-likeness (QED) is 0.490. The van der Waals surface area contributed by atoms with E-state index in [0.717, 1.165) is 5.56 Å². The van der Waals surface area contributed by atoms with Gasteiger partial charge in [0.1, 0.15) is 17.4 Å². The molecule has 9 heteroatoms. The molecule has 0 bridgehead atoms. The third-order valence-corrected chi connectivity index (χ3v) is 9.04. The minimum Gasteiger partial charge on any atom is -0.494 e. The number of carbonyl (C=O) groups excluding carboxylic acids is 3. The van der Waals surface area contributed by atoms with Crippen LogP contribution in [0.5, 0.6) is 5.75 Å². The van der Waals surface area contributed by atoms with Crippen LogP contribution in [0.4, 0.5) is 5.69 Å². The van der Waals surface area contributed by atoms with E-state index < -0.39 is 29.1 Å². The predicted octanol–water partition coefficient (Wildman–Crippen LogP) is 2.94. The van der Waals surface area contributed by atoms with Crippen molar-refractivity contribution in [3.63, 3.8) is 0 Å². The second kappa shape index (κ2) is 11.0. The van der Waals surface area contributed by atoms with Gasteiger partial charge in [0.2, 0.25) is 17.7 Å². The van der Waals surface area contributed by atoms with Gasteiger partial charge in [-0.1, -0.05) is 61.6 Å². The van der Waals surface area contributed by atoms with Crippen molar-refractivity contribution >= 4 is 23.4 Å². The summed E-state index contributed by atoms with van der Waals surface area (Å²) >= 11 is 0. The molecule has 2 aromatic carbocycles. The number of amides is 3. The first-order chi connectivity index (χ1) is 20.4. The Morgan fingerprint density at radius 1 is 0.905 bits per heavy atom. The lowest BCUT2D eigenvalue weighted by Crippen LogP contribution is -2.56. The van der Waals surface area contributed by atoms with Gasteiger partial charge in [0.05, 0.1) is 30.7 Å². The van der Waals surface area contributed by atoms with Gasteiger partial charge in [0.25, 0.3) is 0 Å². The normalized spacial score (nSPS) is 30.2. The zero-order valence-corrected chi connectivity index (χ0v) is 24.0. The Kier molecular flexibility index (Phi) is 7.41. The minimum absolute atomic E-state index is 0.0254. The van der Waals surface area contributed by atoms with Gasteiger partial charge in [0, 0.05) is 31.9 Å². The van der Waals surface area contributed by atoms with Crippen LogP contribution in [0, 0.1) is 11.8 Å². The van der Waals surface area contributed by atoms with Crippen molar-refractivity contribution in [2.24, 2.45) is 11.8 Å². The van der Waals surface area contributed by atoms with E-state index in [1.807, 2.05) is 92.7 Å². The van der Waals surface area contributed by atoms with E-state index in [0.29, 0.717) is 44.1 Å². The molecule has 5 atom stereocenters. The first kappa shape index (κ1) is 28.2. The lowest BCUT2D eigenvalue weighted by atomic mass is 9.73. The van der Waals surface area contributed by atoms with Crippen LogP contribution in [0.25, 0.3) is 0 Å². The third kappa shape index (κ3) is 4.34. The number of hydrogen-bond acceptors (Lipinski definition) is 6. The van der Waals surface area contributed by atoms with E-state index in [4.69, 9.17) is 9.47 Å². The maximum absolute atomic E-state index is 14.5. The maximum Gasteiger partial charge on any atom is 0.249 e. The summed E-state index contributed by atoms with van der Waals surface area (Å²) < 4.78 is 12.5. The number of aliphatic hydroxyl groups is 1. The molecular weight excluding hydrogens is 534 g/mol. The van der Waals surface area contributed by atoms with Crippen molar-refractivity contribution in [3.05, 3.63) is 84.5 Å². The smallest absolute Gasteiger partial charge is 0.249 e. The Hall–Kier alpha value is -3.95. The molecule has 2 aromatic rings. The van der Waals surface area contributed by atoms with Gasteiger partial charge in [-0.2, -0.15) is 0 Å².